The Morgan fingerprint density at radius 1 is 0.750 bits per heavy atom. The van der Waals surface area contributed by atoms with Gasteiger partial charge in [0.1, 0.15) is 0 Å². The van der Waals surface area contributed by atoms with Crippen molar-refractivity contribution in [2.45, 2.75) is 37.1 Å². The Kier molecular flexibility index (Phi) is 9.29. The molecule has 0 heterocycles. The van der Waals surface area contributed by atoms with Crippen molar-refractivity contribution >= 4 is 44.1 Å². The topological polar surface area (TPSA) is 121 Å². The van der Waals surface area contributed by atoms with Crippen LogP contribution in [0.15, 0.2) is 102 Å². The average Bonchev–Trinajstić information content (AvgIpc) is 2.97. The zero-order valence-corrected chi connectivity index (χ0v) is 22.9. The summed E-state index contributed by atoms with van der Waals surface area (Å²) in [4.78, 5) is 38.5. The zero-order valence-electron chi connectivity index (χ0n) is 22.1. The molecule has 2 amide bonds. The van der Waals surface area contributed by atoms with E-state index in [0.717, 1.165) is 17.2 Å². The molecule has 0 radical (unpaired) electrons. The van der Waals surface area contributed by atoms with Gasteiger partial charge >= 0.3 is 0 Å². The molecule has 40 heavy (non-hydrogen) atoms. The standard InChI is InChI=1S/C31H31N3O5S/c1-2-3-16-28(29(35)21-32-30(36)23-11-5-4-6-12-23)33-31(37)25-14-9-15-26(19-25)34-40(38,39)27-18-17-22-10-7-8-13-24(22)20-27/h4-15,17-20,28,34H,2-3,16,21H2,1H3,(H,32,36)(H,33,37). The summed E-state index contributed by atoms with van der Waals surface area (Å²) >= 11 is 0. The molecular weight excluding hydrogens is 526 g/mol. The second kappa shape index (κ2) is 13.0. The van der Waals surface area contributed by atoms with Gasteiger partial charge < -0.3 is 10.6 Å². The van der Waals surface area contributed by atoms with Crippen LogP contribution in [0.1, 0.15) is 46.9 Å². The van der Waals surface area contributed by atoms with Gasteiger partial charge in [0, 0.05) is 16.8 Å². The van der Waals surface area contributed by atoms with Crippen molar-refractivity contribution in [2.75, 3.05) is 11.3 Å². The average molecular weight is 558 g/mol. The van der Waals surface area contributed by atoms with Gasteiger partial charge in [-0.05, 0) is 59.7 Å². The highest BCUT2D eigenvalue weighted by Crippen LogP contribution is 2.22. The Morgan fingerprint density at radius 2 is 1.45 bits per heavy atom. The largest absolute Gasteiger partial charge is 0.345 e. The van der Waals surface area contributed by atoms with E-state index in [4.69, 9.17) is 0 Å². The van der Waals surface area contributed by atoms with E-state index in [1.54, 1.807) is 60.7 Å². The number of sulfonamides is 1. The van der Waals surface area contributed by atoms with E-state index in [1.165, 1.54) is 12.1 Å². The maximum atomic E-state index is 13.1. The molecule has 3 N–H and O–H groups in total. The summed E-state index contributed by atoms with van der Waals surface area (Å²) in [5, 5.41) is 7.09. The molecule has 1 atom stereocenters. The van der Waals surface area contributed by atoms with Crippen LogP contribution in [0.5, 0.6) is 0 Å². The molecule has 0 aliphatic heterocycles. The molecule has 0 bridgehead atoms. The first kappa shape index (κ1) is 28.5. The number of rotatable bonds is 12. The van der Waals surface area contributed by atoms with Gasteiger partial charge in [-0.25, -0.2) is 8.42 Å². The van der Waals surface area contributed by atoms with Crippen LogP contribution in [0.2, 0.25) is 0 Å². The number of carbonyl (C=O) groups is 3. The van der Waals surface area contributed by atoms with E-state index in [0.29, 0.717) is 18.4 Å². The predicted molar refractivity (Wildman–Crippen MR) is 156 cm³/mol. The molecule has 8 nitrogen and oxygen atoms in total. The SMILES string of the molecule is CCCCC(NC(=O)c1cccc(NS(=O)(=O)c2ccc3ccccc3c2)c1)C(=O)CNC(=O)c1ccccc1. The fraction of sp³-hybridized carbons (Fsp3) is 0.194. The predicted octanol–water partition coefficient (Wildman–Crippen LogP) is 4.93. The lowest BCUT2D eigenvalue weighted by Crippen LogP contribution is -2.45. The van der Waals surface area contributed by atoms with Gasteiger partial charge in [0.15, 0.2) is 5.78 Å². The molecule has 4 aromatic rings. The number of fused-ring (bicyclic) bond motifs is 1. The van der Waals surface area contributed by atoms with E-state index in [2.05, 4.69) is 15.4 Å². The molecule has 4 rings (SSSR count). The first-order valence-electron chi connectivity index (χ1n) is 13.1. The lowest BCUT2D eigenvalue weighted by molar-refractivity contribution is -0.120. The summed E-state index contributed by atoms with van der Waals surface area (Å²) in [6, 6.07) is 26.2. The van der Waals surface area contributed by atoms with Crippen molar-refractivity contribution in [3.05, 3.63) is 108 Å². The maximum absolute atomic E-state index is 13.1. The molecule has 0 spiro atoms. The van der Waals surface area contributed by atoms with Gasteiger partial charge in [0.05, 0.1) is 17.5 Å². The molecule has 0 fully saturated rings. The minimum Gasteiger partial charge on any atom is -0.345 e. The molecule has 0 aliphatic rings. The van der Waals surface area contributed by atoms with Crippen LogP contribution in [0.25, 0.3) is 10.8 Å². The van der Waals surface area contributed by atoms with Crippen LogP contribution < -0.4 is 15.4 Å². The Bertz CT molecular complexity index is 1620. The molecule has 0 saturated heterocycles. The van der Waals surface area contributed by atoms with Gasteiger partial charge in [-0.15, -0.1) is 0 Å². The Morgan fingerprint density at radius 3 is 2.20 bits per heavy atom. The van der Waals surface area contributed by atoms with Crippen LogP contribution in [0, 0.1) is 0 Å². The normalized spacial score (nSPS) is 11.9. The van der Waals surface area contributed by atoms with E-state index in [9.17, 15) is 22.8 Å². The Balaban J connectivity index is 1.43. The summed E-state index contributed by atoms with van der Waals surface area (Å²) in [5.74, 6) is -1.21. The van der Waals surface area contributed by atoms with E-state index < -0.39 is 22.0 Å². The summed E-state index contributed by atoms with van der Waals surface area (Å²) in [6.45, 7) is 1.75. The number of ketones is 1. The molecule has 9 heteroatoms. The number of hydrogen-bond acceptors (Lipinski definition) is 5. The molecule has 0 aromatic heterocycles. The minimum absolute atomic E-state index is 0.101. The highest BCUT2D eigenvalue weighted by molar-refractivity contribution is 7.92. The van der Waals surface area contributed by atoms with Crippen molar-refractivity contribution in [1.82, 2.24) is 10.6 Å². The second-order valence-corrected chi connectivity index (χ2v) is 11.1. The van der Waals surface area contributed by atoms with Crippen LogP contribution in [0.3, 0.4) is 0 Å². The first-order chi connectivity index (χ1) is 19.3. The number of hydrogen-bond donors (Lipinski definition) is 3. The molecule has 206 valence electrons. The number of carbonyl (C=O) groups excluding carboxylic acids is 3. The number of Topliss-reactive ketones (excluding diaryl/α,β-unsaturated/α-hetero) is 1. The van der Waals surface area contributed by atoms with Crippen molar-refractivity contribution in [3.63, 3.8) is 0 Å². The zero-order chi connectivity index (χ0) is 28.5. The highest BCUT2D eigenvalue weighted by Gasteiger charge is 2.22. The van der Waals surface area contributed by atoms with E-state index in [1.807, 2.05) is 31.2 Å². The van der Waals surface area contributed by atoms with Crippen LogP contribution in [0.4, 0.5) is 5.69 Å². The molecule has 0 aliphatic carbocycles. The number of amides is 2. The smallest absolute Gasteiger partial charge is 0.261 e. The van der Waals surface area contributed by atoms with E-state index >= 15 is 0 Å². The van der Waals surface area contributed by atoms with Crippen LogP contribution in [-0.4, -0.2) is 38.6 Å². The third-order valence-corrected chi connectivity index (χ3v) is 7.79. The van der Waals surface area contributed by atoms with Crippen molar-refractivity contribution in [1.29, 1.82) is 0 Å². The van der Waals surface area contributed by atoms with Crippen molar-refractivity contribution < 1.29 is 22.8 Å². The number of benzene rings is 4. The number of anilines is 1. The van der Waals surface area contributed by atoms with Crippen molar-refractivity contribution in [2.24, 2.45) is 0 Å². The highest BCUT2D eigenvalue weighted by atomic mass is 32.2. The van der Waals surface area contributed by atoms with Gasteiger partial charge in [-0.2, -0.15) is 0 Å². The fourth-order valence-corrected chi connectivity index (χ4v) is 5.30. The van der Waals surface area contributed by atoms with Gasteiger partial charge in [0.2, 0.25) is 0 Å². The molecule has 0 saturated carbocycles. The van der Waals surface area contributed by atoms with Crippen LogP contribution in [-0.2, 0) is 14.8 Å². The lowest BCUT2D eigenvalue weighted by Gasteiger charge is -2.18. The third-order valence-electron chi connectivity index (χ3n) is 6.41. The second-order valence-electron chi connectivity index (χ2n) is 9.38. The molecule has 4 aromatic carbocycles. The fourth-order valence-electron chi connectivity index (χ4n) is 4.22. The summed E-state index contributed by atoms with van der Waals surface area (Å²) in [6.07, 6.45) is 1.94. The summed E-state index contributed by atoms with van der Waals surface area (Å²) < 4.78 is 28.6. The third kappa shape index (κ3) is 7.33. The lowest BCUT2D eigenvalue weighted by atomic mass is 10.0. The Labute approximate surface area is 233 Å². The number of unbranched alkanes of at least 4 members (excludes halogenated alkanes) is 1. The van der Waals surface area contributed by atoms with Crippen molar-refractivity contribution in [3.8, 4) is 0 Å². The van der Waals surface area contributed by atoms with Gasteiger partial charge in [0.25, 0.3) is 21.8 Å². The quantitative estimate of drug-likeness (QED) is 0.228. The van der Waals surface area contributed by atoms with Crippen LogP contribution >= 0.6 is 0 Å². The Hall–Kier alpha value is -4.50. The summed E-state index contributed by atoms with van der Waals surface area (Å²) in [7, 11) is -3.91. The maximum Gasteiger partial charge on any atom is 0.261 e. The van der Waals surface area contributed by atoms with Gasteiger partial charge in [-0.3, -0.25) is 19.1 Å². The number of nitrogens with one attached hydrogen (secondary N) is 3. The molecule has 1 unspecified atom stereocenters. The monoisotopic (exact) mass is 557 g/mol. The molecular formula is C31H31N3O5S. The minimum atomic E-state index is -3.91. The van der Waals surface area contributed by atoms with Gasteiger partial charge in [-0.1, -0.05) is 74.4 Å². The summed E-state index contributed by atoms with van der Waals surface area (Å²) in [5.41, 5.74) is 0.848. The first-order valence-corrected chi connectivity index (χ1v) is 14.5. The van der Waals surface area contributed by atoms with E-state index in [-0.39, 0.29) is 34.4 Å².